The van der Waals surface area contributed by atoms with Gasteiger partial charge in [0.05, 0.1) is 7.11 Å². The highest BCUT2D eigenvalue weighted by molar-refractivity contribution is 7.79. The van der Waals surface area contributed by atoms with E-state index < -0.39 is 20.0 Å². The van der Waals surface area contributed by atoms with E-state index in [0.717, 1.165) is 10.9 Å². The second kappa shape index (κ2) is 11.7. The van der Waals surface area contributed by atoms with E-state index in [1.54, 1.807) is 7.05 Å². The lowest BCUT2D eigenvalue weighted by atomic mass is 9.99. The Labute approximate surface area is 197 Å². The highest BCUT2D eigenvalue weighted by Gasteiger charge is 2.32. The van der Waals surface area contributed by atoms with Crippen molar-refractivity contribution in [3.63, 3.8) is 0 Å². The van der Waals surface area contributed by atoms with Crippen LogP contribution in [0.4, 0.5) is 0 Å². The van der Waals surface area contributed by atoms with E-state index >= 15 is 0 Å². The lowest BCUT2D eigenvalue weighted by Crippen LogP contribution is -2.49. The van der Waals surface area contributed by atoms with Crippen LogP contribution < -0.4 is 26.5 Å². The van der Waals surface area contributed by atoms with Gasteiger partial charge >= 0.3 is 5.97 Å². The van der Waals surface area contributed by atoms with Gasteiger partial charge in [0.25, 0.3) is 0 Å². The zero-order valence-corrected chi connectivity index (χ0v) is 20.4. The van der Waals surface area contributed by atoms with Gasteiger partial charge in [-0.1, -0.05) is 98.8 Å². The van der Waals surface area contributed by atoms with Gasteiger partial charge in [0.1, 0.15) is 12.1 Å². The van der Waals surface area contributed by atoms with E-state index in [2.05, 4.69) is 41.0 Å². The number of nitrogens with one attached hydrogen (secondary N) is 2. The van der Waals surface area contributed by atoms with Crippen LogP contribution >= 0.6 is 7.92 Å². The molecule has 2 N–H and O–H groups in total. The van der Waals surface area contributed by atoms with Crippen molar-refractivity contribution < 1.29 is 14.3 Å². The fourth-order valence-electron chi connectivity index (χ4n) is 3.81. The topological polar surface area (TPSA) is 67.4 Å². The van der Waals surface area contributed by atoms with Crippen molar-refractivity contribution in [3.05, 3.63) is 90.5 Å². The SMILES string of the molecule is CNC(=O)C(N[C@H](C(=O)OC)C(C)C)c1ccccc1P(c1ccccc1)c1ccccc1. The fourth-order valence-corrected chi connectivity index (χ4v) is 6.30. The molecule has 0 saturated carbocycles. The van der Waals surface area contributed by atoms with E-state index in [4.69, 9.17) is 4.74 Å². The molecule has 2 atom stereocenters. The summed E-state index contributed by atoms with van der Waals surface area (Å²) >= 11 is 0. The van der Waals surface area contributed by atoms with Crippen LogP contribution in [0, 0.1) is 5.92 Å². The summed E-state index contributed by atoms with van der Waals surface area (Å²) in [6.45, 7) is 3.87. The Morgan fingerprint density at radius 2 is 1.33 bits per heavy atom. The largest absolute Gasteiger partial charge is 0.468 e. The summed E-state index contributed by atoms with van der Waals surface area (Å²) in [4.78, 5) is 25.6. The molecule has 0 aliphatic rings. The number of carbonyl (C=O) groups is 2. The first kappa shape index (κ1) is 24.6. The number of likely N-dealkylation sites (N-methyl/N-ethyl adjacent to an activating group) is 1. The molecule has 3 rings (SSSR count). The third kappa shape index (κ3) is 5.87. The molecule has 6 heteroatoms. The molecule has 5 nitrogen and oxygen atoms in total. The molecular weight excluding hydrogens is 431 g/mol. The Bertz CT molecular complexity index is 1020. The van der Waals surface area contributed by atoms with E-state index in [0.29, 0.717) is 0 Å². The third-order valence-corrected chi connectivity index (χ3v) is 8.01. The van der Waals surface area contributed by atoms with Crippen LogP contribution in [0.5, 0.6) is 0 Å². The molecule has 3 aromatic rings. The van der Waals surface area contributed by atoms with Crippen molar-refractivity contribution in [3.8, 4) is 0 Å². The number of amides is 1. The van der Waals surface area contributed by atoms with Gasteiger partial charge in [0.15, 0.2) is 0 Å². The normalized spacial score (nSPS) is 12.9. The molecule has 0 aliphatic heterocycles. The molecule has 0 aliphatic carbocycles. The zero-order valence-electron chi connectivity index (χ0n) is 19.5. The minimum atomic E-state index is -0.924. The highest BCUT2D eigenvalue weighted by atomic mass is 31.1. The first-order chi connectivity index (χ1) is 16.0. The van der Waals surface area contributed by atoms with Crippen molar-refractivity contribution >= 4 is 35.7 Å². The fraction of sp³-hybridized carbons (Fsp3) is 0.259. The van der Waals surface area contributed by atoms with Gasteiger partial charge in [-0.15, -0.1) is 0 Å². The smallest absolute Gasteiger partial charge is 0.323 e. The standard InChI is InChI=1S/C27H31N2O3P/c1-19(2)24(27(31)32-4)29-25(26(30)28-3)22-17-11-12-18-23(22)33(20-13-7-5-8-14-20)21-15-9-6-10-16-21/h5-19,24-25,29H,1-4H3,(H,28,30)/t24-,25?/m0/s1. The Hall–Kier alpha value is -3.01. The Balaban J connectivity index is 2.16. The van der Waals surface area contributed by atoms with Gasteiger partial charge in [-0.25, -0.2) is 0 Å². The molecule has 172 valence electrons. The molecule has 0 aromatic heterocycles. The summed E-state index contributed by atoms with van der Waals surface area (Å²) in [5, 5.41) is 9.51. The minimum absolute atomic E-state index is 0.0541. The number of esters is 1. The number of hydrogen-bond donors (Lipinski definition) is 2. The Kier molecular flexibility index (Phi) is 8.76. The first-order valence-corrected chi connectivity index (χ1v) is 12.4. The van der Waals surface area contributed by atoms with Gasteiger partial charge in [-0.3, -0.25) is 14.9 Å². The molecule has 0 spiro atoms. The second-order valence-electron chi connectivity index (χ2n) is 8.02. The maximum absolute atomic E-state index is 13.1. The van der Waals surface area contributed by atoms with Gasteiger partial charge in [0.2, 0.25) is 5.91 Å². The number of ether oxygens (including phenoxy) is 1. The summed E-state index contributed by atoms with van der Waals surface area (Å²) in [5.74, 6) is -0.639. The number of benzene rings is 3. The summed E-state index contributed by atoms with van der Waals surface area (Å²) in [5.41, 5.74) is 0.852. The molecule has 0 bridgehead atoms. The molecule has 0 radical (unpaired) electrons. The van der Waals surface area contributed by atoms with Gasteiger partial charge < -0.3 is 10.1 Å². The predicted octanol–water partition coefficient (Wildman–Crippen LogP) is 3.02. The van der Waals surface area contributed by atoms with Crippen molar-refractivity contribution in [1.29, 1.82) is 0 Å². The first-order valence-electron chi connectivity index (χ1n) is 11.0. The highest BCUT2D eigenvalue weighted by Crippen LogP contribution is 2.35. The van der Waals surface area contributed by atoms with Crippen molar-refractivity contribution in [2.24, 2.45) is 5.92 Å². The average molecular weight is 463 g/mol. The molecular formula is C27H31N2O3P. The molecule has 0 saturated heterocycles. The van der Waals surface area contributed by atoms with Crippen LogP contribution in [0.15, 0.2) is 84.9 Å². The van der Waals surface area contributed by atoms with Gasteiger partial charge in [-0.2, -0.15) is 0 Å². The molecule has 1 unspecified atom stereocenters. The van der Waals surface area contributed by atoms with Crippen LogP contribution in [0.3, 0.4) is 0 Å². The van der Waals surface area contributed by atoms with Gasteiger partial charge in [-0.05, 0) is 35.3 Å². The van der Waals surface area contributed by atoms with E-state index in [1.807, 2.05) is 68.4 Å². The monoisotopic (exact) mass is 462 g/mol. The Morgan fingerprint density at radius 3 is 1.82 bits per heavy atom. The lowest BCUT2D eigenvalue weighted by molar-refractivity contribution is -0.144. The summed E-state index contributed by atoms with van der Waals surface area (Å²) in [6, 6.07) is 27.3. The lowest BCUT2D eigenvalue weighted by Gasteiger charge is -2.29. The quantitative estimate of drug-likeness (QED) is 0.379. The van der Waals surface area contributed by atoms with E-state index in [9.17, 15) is 9.59 Å². The van der Waals surface area contributed by atoms with Crippen LogP contribution in [-0.4, -0.2) is 32.1 Å². The second-order valence-corrected chi connectivity index (χ2v) is 10.2. The van der Waals surface area contributed by atoms with Crippen molar-refractivity contribution in [2.75, 3.05) is 14.2 Å². The minimum Gasteiger partial charge on any atom is -0.468 e. The molecule has 33 heavy (non-hydrogen) atoms. The number of rotatable bonds is 9. The molecule has 0 heterocycles. The number of methoxy groups -OCH3 is 1. The molecule has 1 amide bonds. The van der Waals surface area contributed by atoms with Crippen LogP contribution in [-0.2, 0) is 14.3 Å². The maximum Gasteiger partial charge on any atom is 0.323 e. The van der Waals surface area contributed by atoms with E-state index in [-0.39, 0.29) is 17.8 Å². The third-order valence-electron chi connectivity index (χ3n) is 5.49. The molecule has 3 aromatic carbocycles. The van der Waals surface area contributed by atoms with E-state index in [1.165, 1.54) is 17.7 Å². The predicted molar refractivity (Wildman–Crippen MR) is 136 cm³/mol. The summed E-state index contributed by atoms with van der Waals surface area (Å²) < 4.78 is 5.01. The van der Waals surface area contributed by atoms with Gasteiger partial charge in [0, 0.05) is 7.05 Å². The summed E-state index contributed by atoms with van der Waals surface area (Å²) in [7, 11) is 2.05. The van der Waals surface area contributed by atoms with Crippen molar-refractivity contribution in [2.45, 2.75) is 25.9 Å². The van der Waals surface area contributed by atoms with Crippen molar-refractivity contribution in [1.82, 2.24) is 10.6 Å². The number of carbonyl (C=O) groups excluding carboxylic acids is 2. The van der Waals surface area contributed by atoms with Crippen LogP contribution in [0.2, 0.25) is 0 Å². The van der Waals surface area contributed by atoms with Crippen LogP contribution in [0.1, 0.15) is 25.5 Å². The van der Waals surface area contributed by atoms with Crippen LogP contribution in [0.25, 0.3) is 0 Å². The maximum atomic E-state index is 13.1. The zero-order chi connectivity index (χ0) is 23.8. The average Bonchev–Trinajstić information content (AvgIpc) is 2.85. The molecule has 0 fully saturated rings. The Morgan fingerprint density at radius 1 is 0.818 bits per heavy atom. The number of hydrogen-bond acceptors (Lipinski definition) is 4. The summed E-state index contributed by atoms with van der Waals surface area (Å²) in [6.07, 6.45) is 0.